The van der Waals surface area contributed by atoms with Crippen LogP contribution in [0, 0.1) is 0 Å². The molecule has 0 spiro atoms. The topological polar surface area (TPSA) is 146 Å². The second-order valence-electron chi connectivity index (χ2n) is 8.93. The molecule has 5 rings (SSSR count). The Bertz CT molecular complexity index is 1540. The summed E-state index contributed by atoms with van der Waals surface area (Å²) < 4.78 is 12.0. The maximum absolute atomic E-state index is 12.4. The Morgan fingerprint density at radius 3 is 2.76 bits per heavy atom. The van der Waals surface area contributed by atoms with Crippen molar-refractivity contribution in [1.29, 1.82) is 0 Å². The molecule has 0 radical (unpaired) electrons. The quantitative estimate of drug-likeness (QED) is 0.270. The molecule has 2 aromatic heterocycles. The SMILES string of the molecule is CCOc1cc(-c2cc(C=CC(=O)O)cc(OCCN3CCCC3)c2)ccc1-c1nc2[nH]nnc2c(=O)[nH]1. The lowest BCUT2D eigenvalue weighted by Crippen LogP contribution is -2.25. The highest BCUT2D eigenvalue weighted by Gasteiger charge is 2.15. The number of carboxylic acids is 1. The van der Waals surface area contributed by atoms with E-state index in [0.717, 1.165) is 36.8 Å². The maximum Gasteiger partial charge on any atom is 0.328 e. The Kier molecular flexibility index (Phi) is 7.45. The molecule has 3 heterocycles. The van der Waals surface area contributed by atoms with Gasteiger partial charge in [-0.2, -0.15) is 0 Å². The van der Waals surface area contributed by atoms with E-state index >= 15 is 0 Å². The molecular formula is C27H28N6O5. The van der Waals surface area contributed by atoms with Crippen LogP contribution in [0.3, 0.4) is 0 Å². The van der Waals surface area contributed by atoms with Crippen molar-refractivity contribution < 1.29 is 19.4 Å². The highest BCUT2D eigenvalue weighted by molar-refractivity contribution is 5.86. The third-order valence-electron chi connectivity index (χ3n) is 6.29. The van der Waals surface area contributed by atoms with E-state index < -0.39 is 11.5 Å². The molecule has 11 nitrogen and oxygen atoms in total. The summed E-state index contributed by atoms with van der Waals surface area (Å²) in [6.07, 6.45) is 5.07. The van der Waals surface area contributed by atoms with Gasteiger partial charge in [-0.05, 0) is 86.0 Å². The fourth-order valence-corrected chi connectivity index (χ4v) is 4.49. The summed E-state index contributed by atoms with van der Waals surface area (Å²) in [4.78, 5) is 33.1. The first-order chi connectivity index (χ1) is 18.5. The van der Waals surface area contributed by atoms with Crippen LogP contribution < -0.4 is 15.0 Å². The van der Waals surface area contributed by atoms with E-state index in [2.05, 4.69) is 30.3 Å². The standard InChI is InChI=1S/C27H28N6O5/c1-2-37-22-16-18(6-7-21(22)25-28-26-24(27(36)29-25)30-32-31-26)19-13-17(5-8-23(34)35)14-20(15-19)38-12-11-33-9-3-4-10-33/h5-8,13-16H,2-4,9-12H2,1H3,(H,34,35)(H2,28,29,30,31,32,36). The number of carbonyl (C=O) groups is 1. The first kappa shape index (κ1) is 25.2. The summed E-state index contributed by atoms with van der Waals surface area (Å²) in [6.45, 7) is 5.84. The smallest absolute Gasteiger partial charge is 0.328 e. The zero-order chi connectivity index (χ0) is 26.5. The van der Waals surface area contributed by atoms with Gasteiger partial charge in [0, 0.05) is 12.6 Å². The van der Waals surface area contributed by atoms with Crippen LogP contribution in [0.1, 0.15) is 25.3 Å². The number of carboxylic acid groups (broad SMARTS) is 1. The van der Waals surface area contributed by atoms with E-state index in [-0.39, 0.29) is 11.2 Å². The van der Waals surface area contributed by atoms with Gasteiger partial charge in [0.15, 0.2) is 11.2 Å². The van der Waals surface area contributed by atoms with Gasteiger partial charge in [0.25, 0.3) is 5.56 Å². The Morgan fingerprint density at radius 1 is 1.13 bits per heavy atom. The van der Waals surface area contributed by atoms with Crippen molar-refractivity contribution >= 4 is 23.2 Å². The summed E-state index contributed by atoms with van der Waals surface area (Å²) in [6, 6.07) is 11.2. The zero-order valence-electron chi connectivity index (χ0n) is 20.9. The lowest BCUT2D eigenvalue weighted by Gasteiger charge is -2.16. The van der Waals surface area contributed by atoms with Crippen LogP contribution in [-0.4, -0.2) is 74.2 Å². The van der Waals surface area contributed by atoms with E-state index in [1.54, 1.807) is 6.08 Å². The van der Waals surface area contributed by atoms with Crippen LogP contribution in [0.15, 0.2) is 47.3 Å². The summed E-state index contributed by atoms with van der Waals surface area (Å²) in [5.41, 5.74) is 2.98. The van der Waals surface area contributed by atoms with Crippen molar-refractivity contribution in [2.24, 2.45) is 0 Å². The molecule has 1 fully saturated rings. The molecule has 0 atom stereocenters. The van der Waals surface area contributed by atoms with Crippen molar-refractivity contribution in [2.75, 3.05) is 32.8 Å². The van der Waals surface area contributed by atoms with Gasteiger partial charge in [0.1, 0.15) is 23.9 Å². The van der Waals surface area contributed by atoms with Crippen LogP contribution in [0.4, 0.5) is 0 Å². The molecule has 196 valence electrons. The molecule has 2 aromatic carbocycles. The molecule has 1 aliphatic rings. The van der Waals surface area contributed by atoms with Crippen LogP contribution in [0.25, 0.3) is 39.8 Å². The molecular weight excluding hydrogens is 488 g/mol. The number of aromatic amines is 2. The molecule has 1 saturated heterocycles. The molecule has 38 heavy (non-hydrogen) atoms. The number of hydrogen-bond acceptors (Lipinski definition) is 8. The number of ether oxygens (including phenoxy) is 2. The molecule has 0 unspecified atom stereocenters. The highest BCUT2D eigenvalue weighted by atomic mass is 16.5. The molecule has 0 aliphatic carbocycles. The van der Waals surface area contributed by atoms with Crippen LogP contribution >= 0.6 is 0 Å². The lowest BCUT2D eigenvalue weighted by atomic mass is 10.00. The van der Waals surface area contributed by atoms with Crippen LogP contribution in [0.2, 0.25) is 0 Å². The normalized spacial score (nSPS) is 13.9. The second kappa shape index (κ2) is 11.3. The fraction of sp³-hybridized carbons (Fsp3) is 0.296. The summed E-state index contributed by atoms with van der Waals surface area (Å²) in [7, 11) is 0. The van der Waals surface area contributed by atoms with Crippen LogP contribution in [0.5, 0.6) is 11.5 Å². The summed E-state index contributed by atoms with van der Waals surface area (Å²) in [5, 5.41) is 19.1. The van der Waals surface area contributed by atoms with Gasteiger partial charge in [0.05, 0.1) is 12.2 Å². The van der Waals surface area contributed by atoms with E-state index in [1.807, 2.05) is 43.3 Å². The number of rotatable bonds is 10. The van der Waals surface area contributed by atoms with Gasteiger partial charge in [-0.25, -0.2) is 14.9 Å². The minimum Gasteiger partial charge on any atom is -0.493 e. The Balaban J connectivity index is 1.49. The zero-order valence-corrected chi connectivity index (χ0v) is 20.9. The van der Waals surface area contributed by atoms with Crippen molar-refractivity contribution in [1.82, 2.24) is 30.3 Å². The number of H-pyrrole nitrogens is 2. The van der Waals surface area contributed by atoms with Crippen molar-refractivity contribution in [3.8, 4) is 34.0 Å². The van der Waals surface area contributed by atoms with E-state index in [0.29, 0.717) is 41.7 Å². The number of nitrogens with one attached hydrogen (secondary N) is 2. The molecule has 3 N–H and O–H groups in total. The third-order valence-corrected chi connectivity index (χ3v) is 6.29. The number of hydrogen-bond donors (Lipinski definition) is 3. The van der Waals surface area contributed by atoms with Gasteiger partial charge in [0.2, 0.25) is 0 Å². The predicted molar refractivity (Wildman–Crippen MR) is 142 cm³/mol. The minimum absolute atomic E-state index is 0.131. The molecule has 0 bridgehead atoms. The third kappa shape index (κ3) is 5.73. The van der Waals surface area contributed by atoms with E-state index in [9.17, 15) is 9.59 Å². The molecule has 4 aromatic rings. The fourth-order valence-electron chi connectivity index (χ4n) is 4.49. The number of aliphatic carboxylic acids is 1. The Labute approximate surface area is 218 Å². The lowest BCUT2D eigenvalue weighted by molar-refractivity contribution is -0.131. The Hall–Kier alpha value is -4.51. The second-order valence-corrected chi connectivity index (χ2v) is 8.93. The molecule has 11 heteroatoms. The molecule has 0 amide bonds. The maximum atomic E-state index is 12.4. The van der Waals surface area contributed by atoms with Crippen molar-refractivity contribution in [2.45, 2.75) is 19.8 Å². The van der Waals surface area contributed by atoms with E-state index in [4.69, 9.17) is 14.6 Å². The number of fused-ring (bicyclic) bond motifs is 1. The molecule has 1 aliphatic heterocycles. The summed E-state index contributed by atoms with van der Waals surface area (Å²) in [5.74, 6) is 0.480. The number of likely N-dealkylation sites (tertiary alicyclic amines) is 1. The van der Waals surface area contributed by atoms with Gasteiger partial charge in [-0.1, -0.05) is 11.3 Å². The Morgan fingerprint density at radius 2 is 1.97 bits per heavy atom. The number of nitrogens with zero attached hydrogens (tertiary/aromatic N) is 4. The number of aromatic nitrogens is 5. The van der Waals surface area contributed by atoms with Crippen molar-refractivity contribution in [3.05, 3.63) is 58.4 Å². The van der Waals surface area contributed by atoms with Crippen LogP contribution in [-0.2, 0) is 4.79 Å². The average molecular weight is 517 g/mol. The largest absolute Gasteiger partial charge is 0.493 e. The minimum atomic E-state index is -1.03. The van der Waals surface area contributed by atoms with Gasteiger partial charge < -0.3 is 19.6 Å². The average Bonchev–Trinajstić information content (AvgIpc) is 3.60. The molecule has 0 saturated carbocycles. The number of benzene rings is 2. The highest BCUT2D eigenvalue weighted by Crippen LogP contribution is 2.35. The predicted octanol–water partition coefficient (Wildman–Crippen LogP) is 3.35. The van der Waals surface area contributed by atoms with Gasteiger partial charge in [-0.3, -0.25) is 9.69 Å². The first-order valence-corrected chi connectivity index (χ1v) is 12.5. The summed E-state index contributed by atoms with van der Waals surface area (Å²) >= 11 is 0. The monoisotopic (exact) mass is 516 g/mol. The van der Waals surface area contributed by atoms with Gasteiger partial charge >= 0.3 is 5.97 Å². The van der Waals surface area contributed by atoms with Crippen molar-refractivity contribution in [3.63, 3.8) is 0 Å². The van der Waals surface area contributed by atoms with E-state index in [1.165, 1.54) is 12.8 Å². The van der Waals surface area contributed by atoms with Gasteiger partial charge in [-0.15, -0.1) is 5.10 Å². The first-order valence-electron chi connectivity index (χ1n) is 12.5.